The predicted octanol–water partition coefficient (Wildman–Crippen LogP) is 3.46. The van der Waals surface area contributed by atoms with Crippen molar-refractivity contribution in [3.63, 3.8) is 0 Å². The summed E-state index contributed by atoms with van der Waals surface area (Å²) >= 11 is 0. The van der Waals surface area contributed by atoms with Gasteiger partial charge in [-0.25, -0.2) is 0 Å². The summed E-state index contributed by atoms with van der Waals surface area (Å²) in [4.78, 5) is 0. The summed E-state index contributed by atoms with van der Waals surface area (Å²) in [5.41, 5.74) is 11.9. The molecule has 0 radical (unpaired) electrons. The molecule has 20 heavy (non-hydrogen) atoms. The molecule has 2 rings (SSSR count). The van der Waals surface area contributed by atoms with E-state index in [1.54, 1.807) is 0 Å². The lowest BCUT2D eigenvalue weighted by atomic mass is 9.96. The van der Waals surface area contributed by atoms with Crippen LogP contribution >= 0.6 is 0 Å². The first-order valence-electron chi connectivity index (χ1n) is 7.12. The molecule has 0 spiro atoms. The number of nitrogens with zero attached hydrogens (tertiary/aromatic N) is 2. The van der Waals surface area contributed by atoms with E-state index >= 15 is 0 Å². The van der Waals surface area contributed by atoms with E-state index in [2.05, 4.69) is 48.3 Å². The Bertz CT molecular complexity index is 573. The summed E-state index contributed by atoms with van der Waals surface area (Å²) in [6, 6.07) is 10.7. The number of rotatable bonds is 4. The number of hydrogen-bond acceptors (Lipinski definition) is 3. The van der Waals surface area contributed by atoms with Crippen molar-refractivity contribution < 1.29 is 0 Å². The topological polar surface area (TPSA) is 51.8 Å². The van der Waals surface area contributed by atoms with Crippen LogP contribution in [0.25, 0.3) is 0 Å². The average Bonchev–Trinajstić information content (AvgIpc) is 2.42. The molecule has 0 amide bonds. The number of aryl methyl sites for hydroxylation is 2. The number of hydrogen-bond donors (Lipinski definition) is 1. The van der Waals surface area contributed by atoms with E-state index in [-0.39, 0.29) is 6.04 Å². The fourth-order valence-corrected chi connectivity index (χ4v) is 2.35. The molecule has 0 aliphatic carbocycles. The molecule has 3 nitrogen and oxygen atoms in total. The van der Waals surface area contributed by atoms with Gasteiger partial charge in [0.15, 0.2) is 0 Å². The Labute approximate surface area is 121 Å². The highest BCUT2D eigenvalue weighted by Gasteiger charge is 2.12. The number of aromatic nitrogens is 2. The Balaban J connectivity index is 2.14. The number of nitrogens with two attached hydrogens (primary N) is 1. The number of benzene rings is 1. The summed E-state index contributed by atoms with van der Waals surface area (Å²) in [6.07, 6.45) is 0.824. The first-order valence-corrected chi connectivity index (χ1v) is 7.12. The molecule has 2 aromatic rings. The molecule has 1 aromatic heterocycles. The van der Waals surface area contributed by atoms with Gasteiger partial charge in [-0.3, -0.25) is 0 Å². The minimum Gasteiger partial charge on any atom is -0.324 e. The average molecular weight is 269 g/mol. The van der Waals surface area contributed by atoms with E-state index in [9.17, 15) is 0 Å². The van der Waals surface area contributed by atoms with Gasteiger partial charge in [0.05, 0.1) is 11.4 Å². The van der Waals surface area contributed by atoms with Crippen LogP contribution in [-0.4, -0.2) is 10.2 Å². The van der Waals surface area contributed by atoms with E-state index in [0.29, 0.717) is 5.92 Å². The minimum atomic E-state index is -0.0332. The second kappa shape index (κ2) is 6.14. The van der Waals surface area contributed by atoms with E-state index in [0.717, 1.165) is 23.4 Å². The molecule has 106 valence electrons. The fraction of sp³-hybridized carbons (Fsp3) is 0.412. The second-order valence-electron chi connectivity index (χ2n) is 5.73. The molecule has 0 saturated carbocycles. The highest BCUT2D eigenvalue weighted by Crippen LogP contribution is 2.20. The van der Waals surface area contributed by atoms with Crippen LogP contribution in [0.1, 0.15) is 53.9 Å². The predicted molar refractivity (Wildman–Crippen MR) is 82.7 cm³/mol. The van der Waals surface area contributed by atoms with Gasteiger partial charge in [-0.05, 0) is 48.9 Å². The smallest absolute Gasteiger partial charge is 0.0648 e. The molecule has 1 unspecified atom stereocenters. The van der Waals surface area contributed by atoms with E-state index in [4.69, 9.17) is 5.73 Å². The molecule has 0 bridgehead atoms. The first kappa shape index (κ1) is 14.7. The standard InChI is InChI=1S/C17H23N3/c1-11(2)15-7-5-14(6-8-15)10-17(18)16-9-12(3)19-20-13(16)4/h5-9,11,17H,10,18H2,1-4H3. The quantitative estimate of drug-likeness (QED) is 0.924. The van der Waals surface area contributed by atoms with Gasteiger partial charge in [0.2, 0.25) is 0 Å². The van der Waals surface area contributed by atoms with Crippen LogP contribution in [0, 0.1) is 13.8 Å². The van der Waals surface area contributed by atoms with Crippen molar-refractivity contribution >= 4 is 0 Å². The zero-order chi connectivity index (χ0) is 14.7. The van der Waals surface area contributed by atoms with Gasteiger partial charge in [-0.2, -0.15) is 10.2 Å². The van der Waals surface area contributed by atoms with E-state index < -0.39 is 0 Å². The monoisotopic (exact) mass is 269 g/mol. The molecule has 0 fully saturated rings. The third-order valence-electron chi connectivity index (χ3n) is 3.64. The minimum absolute atomic E-state index is 0.0332. The molecular formula is C17H23N3. The van der Waals surface area contributed by atoms with Gasteiger partial charge in [0.25, 0.3) is 0 Å². The molecule has 2 N–H and O–H groups in total. The third-order valence-corrected chi connectivity index (χ3v) is 3.64. The van der Waals surface area contributed by atoms with Crippen LogP contribution in [0.5, 0.6) is 0 Å². The molecule has 0 saturated heterocycles. The van der Waals surface area contributed by atoms with Crippen LogP contribution in [0.15, 0.2) is 30.3 Å². The molecule has 3 heteroatoms. The largest absolute Gasteiger partial charge is 0.324 e. The van der Waals surface area contributed by atoms with E-state index in [1.165, 1.54) is 11.1 Å². The third kappa shape index (κ3) is 3.42. The molecule has 1 aromatic carbocycles. The van der Waals surface area contributed by atoms with Crippen LogP contribution in [0.3, 0.4) is 0 Å². The van der Waals surface area contributed by atoms with Crippen LogP contribution in [0.2, 0.25) is 0 Å². The normalized spacial score (nSPS) is 12.7. The van der Waals surface area contributed by atoms with Gasteiger partial charge < -0.3 is 5.73 Å². The summed E-state index contributed by atoms with van der Waals surface area (Å²) in [5, 5.41) is 8.20. The van der Waals surface area contributed by atoms with Gasteiger partial charge >= 0.3 is 0 Å². The summed E-state index contributed by atoms with van der Waals surface area (Å²) in [5.74, 6) is 0.562. The van der Waals surface area contributed by atoms with Crippen molar-refractivity contribution in [2.45, 2.75) is 46.1 Å². The highest BCUT2D eigenvalue weighted by molar-refractivity contribution is 5.29. The van der Waals surface area contributed by atoms with Crippen molar-refractivity contribution in [1.29, 1.82) is 0 Å². The Morgan fingerprint density at radius 1 is 1.05 bits per heavy atom. The lowest BCUT2D eigenvalue weighted by molar-refractivity contribution is 0.699. The van der Waals surface area contributed by atoms with Crippen molar-refractivity contribution in [3.8, 4) is 0 Å². The maximum Gasteiger partial charge on any atom is 0.0648 e. The Hall–Kier alpha value is -1.74. The molecule has 1 heterocycles. The maximum absolute atomic E-state index is 6.33. The SMILES string of the molecule is Cc1cc(C(N)Cc2ccc(C(C)C)cc2)c(C)nn1. The van der Waals surface area contributed by atoms with Crippen molar-refractivity contribution in [1.82, 2.24) is 10.2 Å². The zero-order valence-corrected chi connectivity index (χ0v) is 12.7. The van der Waals surface area contributed by atoms with E-state index in [1.807, 2.05) is 19.9 Å². The molecule has 0 aliphatic heterocycles. The molecule has 1 atom stereocenters. The molecular weight excluding hydrogens is 246 g/mol. The van der Waals surface area contributed by atoms with Crippen LogP contribution in [-0.2, 0) is 6.42 Å². The second-order valence-corrected chi connectivity index (χ2v) is 5.73. The maximum atomic E-state index is 6.33. The van der Waals surface area contributed by atoms with Crippen molar-refractivity contribution in [2.75, 3.05) is 0 Å². The fourth-order valence-electron chi connectivity index (χ4n) is 2.35. The zero-order valence-electron chi connectivity index (χ0n) is 12.7. The molecule has 0 aliphatic rings. The Morgan fingerprint density at radius 2 is 1.70 bits per heavy atom. The van der Waals surface area contributed by atoms with Crippen LogP contribution in [0.4, 0.5) is 0 Å². The summed E-state index contributed by atoms with van der Waals surface area (Å²) in [6.45, 7) is 8.31. The van der Waals surface area contributed by atoms with Gasteiger partial charge in [-0.1, -0.05) is 38.1 Å². The lowest BCUT2D eigenvalue weighted by Crippen LogP contribution is -2.16. The summed E-state index contributed by atoms with van der Waals surface area (Å²) < 4.78 is 0. The van der Waals surface area contributed by atoms with Gasteiger partial charge in [0.1, 0.15) is 0 Å². The Morgan fingerprint density at radius 3 is 2.30 bits per heavy atom. The van der Waals surface area contributed by atoms with Crippen LogP contribution < -0.4 is 5.73 Å². The van der Waals surface area contributed by atoms with Gasteiger partial charge in [0, 0.05) is 6.04 Å². The van der Waals surface area contributed by atoms with Gasteiger partial charge in [-0.15, -0.1) is 0 Å². The Kier molecular flexibility index (Phi) is 4.50. The lowest BCUT2D eigenvalue weighted by Gasteiger charge is -2.15. The summed E-state index contributed by atoms with van der Waals surface area (Å²) in [7, 11) is 0. The first-order chi connectivity index (χ1) is 9.47. The van der Waals surface area contributed by atoms with Crippen molar-refractivity contribution in [2.24, 2.45) is 5.73 Å². The van der Waals surface area contributed by atoms with Crippen molar-refractivity contribution in [3.05, 3.63) is 58.4 Å². The highest BCUT2D eigenvalue weighted by atomic mass is 15.1.